The SMILES string of the molecule is [C-]#[N+]c1ccc(N)c(C#N)c1. The van der Waals surface area contributed by atoms with Gasteiger partial charge in [0.05, 0.1) is 18.2 Å². The number of hydrogen-bond donors (Lipinski definition) is 1. The van der Waals surface area contributed by atoms with Crippen molar-refractivity contribution < 1.29 is 0 Å². The van der Waals surface area contributed by atoms with E-state index in [1.165, 1.54) is 6.07 Å². The van der Waals surface area contributed by atoms with Gasteiger partial charge in [0.2, 0.25) is 0 Å². The van der Waals surface area contributed by atoms with Crippen LogP contribution in [0.15, 0.2) is 18.2 Å². The van der Waals surface area contributed by atoms with Crippen LogP contribution in [0, 0.1) is 17.9 Å². The highest BCUT2D eigenvalue weighted by atomic mass is 14.6. The zero-order chi connectivity index (χ0) is 8.27. The number of benzene rings is 1. The second kappa shape index (κ2) is 2.72. The molecule has 0 unspecified atom stereocenters. The molecule has 2 N–H and O–H groups in total. The van der Waals surface area contributed by atoms with Crippen LogP contribution in [0.4, 0.5) is 11.4 Å². The van der Waals surface area contributed by atoms with Gasteiger partial charge in [-0.15, -0.1) is 0 Å². The molecule has 3 heteroatoms. The fourth-order valence-corrected chi connectivity index (χ4v) is 0.711. The van der Waals surface area contributed by atoms with Gasteiger partial charge in [-0.1, -0.05) is 6.07 Å². The molecule has 0 aromatic heterocycles. The van der Waals surface area contributed by atoms with E-state index in [9.17, 15) is 0 Å². The number of nitriles is 1. The lowest BCUT2D eigenvalue weighted by molar-refractivity contribution is 1.49. The molecule has 0 aliphatic heterocycles. The average Bonchev–Trinajstić information content (AvgIpc) is 2.05. The minimum absolute atomic E-state index is 0.360. The van der Waals surface area contributed by atoms with Crippen molar-refractivity contribution in [3.05, 3.63) is 35.2 Å². The van der Waals surface area contributed by atoms with E-state index in [2.05, 4.69) is 4.85 Å². The molecule has 0 saturated carbocycles. The molecule has 0 aliphatic carbocycles. The Morgan fingerprint density at radius 2 is 2.27 bits per heavy atom. The summed E-state index contributed by atoms with van der Waals surface area (Å²) in [6.45, 7) is 6.66. The summed E-state index contributed by atoms with van der Waals surface area (Å²) in [7, 11) is 0. The molecule has 0 fully saturated rings. The average molecular weight is 143 g/mol. The van der Waals surface area contributed by atoms with E-state index in [-0.39, 0.29) is 0 Å². The van der Waals surface area contributed by atoms with Crippen LogP contribution in [-0.2, 0) is 0 Å². The van der Waals surface area contributed by atoms with Crippen molar-refractivity contribution >= 4 is 11.4 Å². The van der Waals surface area contributed by atoms with Gasteiger partial charge in [-0.3, -0.25) is 0 Å². The van der Waals surface area contributed by atoms with Crippen LogP contribution in [0.5, 0.6) is 0 Å². The molecule has 3 nitrogen and oxygen atoms in total. The Bertz CT molecular complexity index is 355. The fourth-order valence-electron chi connectivity index (χ4n) is 0.711. The molecule has 0 spiro atoms. The lowest BCUT2D eigenvalue weighted by atomic mass is 10.2. The van der Waals surface area contributed by atoms with Crippen molar-refractivity contribution in [2.45, 2.75) is 0 Å². The standard InChI is InChI=1S/C8H5N3/c1-11-7-2-3-8(10)6(4-7)5-9/h2-4H,10H2. The summed E-state index contributed by atoms with van der Waals surface area (Å²) < 4.78 is 0. The number of hydrogen-bond acceptors (Lipinski definition) is 2. The van der Waals surface area contributed by atoms with Gasteiger partial charge in [0, 0.05) is 5.69 Å². The highest BCUT2D eigenvalue weighted by Crippen LogP contribution is 2.18. The van der Waals surface area contributed by atoms with Crippen LogP contribution in [0.25, 0.3) is 4.85 Å². The Labute approximate surface area is 64.5 Å². The van der Waals surface area contributed by atoms with Gasteiger partial charge < -0.3 is 5.73 Å². The highest BCUT2D eigenvalue weighted by molar-refractivity contribution is 5.62. The second-order valence-corrected chi connectivity index (χ2v) is 2.00. The summed E-state index contributed by atoms with van der Waals surface area (Å²) in [5, 5.41) is 8.51. The van der Waals surface area contributed by atoms with Crippen molar-refractivity contribution in [2.24, 2.45) is 0 Å². The van der Waals surface area contributed by atoms with E-state index in [1.54, 1.807) is 12.1 Å². The predicted octanol–water partition coefficient (Wildman–Crippen LogP) is 1.69. The van der Waals surface area contributed by atoms with Crippen LogP contribution >= 0.6 is 0 Å². The molecule has 0 saturated heterocycles. The van der Waals surface area contributed by atoms with Gasteiger partial charge in [-0.25, -0.2) is 4.85 Å². The van der Waals surface area contributed by atoms with E-state index < -0.39 is 0 Å². The first-order valence-electron chi connectivity index (χ1n) is 2.95. The molecule has 11 heavy (non-hydrogen) atoms. The minimum atomic E-state index is 0.360. The van der Waals surface area contributed by atoms with Crippen molar-refractivity contribution in [1.82, 2.24) is 0 Å². The normalized spacial score (nSPS) is 8.18. The maximum Gasteiger partial charge on any atom is 0.188 e. The van der Waals surface area contributed by atoms with Gasteiger partial charge in [0.15, 0.2) is 5.69 Å². The molecule has 1 rings (SSSR count). The molecule has 0 amide bonds. The smallest absolute Gasteiger partial charge is 0.188 e. The van der Waals surface area contributed by atoms with Crippen LogP contribution in [0.3, 0.4) is 0 Å². The molecule has 0 heterocycles. The van der Waals surface area contributed by atoms with E-state index in [1.807, 2.05) is 6.07 Å². The molecule has 0 radical (unpaired) electrons. The van der Waals surface area contributed by atoms with E-state index in [0.29, 0.717) is 16.9 Å². The first-order valence-corrected chi connectivity index (χ1v) is 2.95. The molecule has 52 valence electrons. The minimum Gasteiger partial charge on any atom is -0.398 e. The molecular formula is C8H5N3. The second-order valence-electron chi connectivity index (χ2n) is 2.00. The molecule has 1 aromatic rings. The number of anilines is 1. The number of rotatable bonds is 0. The Kier molecular flexibility index (Phi) is 1.76. The van der Waals surface area contributed by atoms with E-state index >= 15 is 0 Å². The van der Waals surface area contributed by atoms with Gasteiger partial charge in [-0.05, 0) is 12.1 Å². The first-order chi connectivity index (χ1) is 5.27. The summed E-state index contributed by atoms with van der Waals surface area (Å²) in [6, 6.07) is 6.52. The van der Waals surface area contributed by atoms with Crippen molar-refractivity contribution in [1.29, 1.82) is 5.26 Å². The van der Waals surface area contributed by atoms with Gasteiger partial charge in [-0.2, -0.15) is 5.26 Å². The summed E-state index contributed by atoms with van der Waals surface area (Å²) >= 11 is 0. The van der Waals surface area contributed by atoms with Crippen molar-refractivity contribution in [3.8, 4) is 6.07 Å². The van der Waals surface area contributed by atoms with E-state index in [0.717, 1.165) is 0 Å². The Morgan fingerprint density at radius 3 is 2.82 bits per heavy atom. The van der Waals surface area contributed by atoms with Crippen LogP contribution < -0.4 is 5.73 Å². The van der Waals surface area contributed by atoms with Gasteiger partial charge in [0.1, 0.15) is 0 Å². The summed E-state index contributed by atoms with van der Waals surface area (Å²) in [5.74, 6) is 0. The third-order valence-corrected chi connectivity index (χ3v) is 1.29. The third-order valence-electron chi connectivity index (χ3n) is 1.29. The Hall–Kier alpha value is -2.00. The molecule has 0 bridgehead atoms. The largest absolute Gasteiger partial charge is 0.398 e. The van der Waals surface area contributed by atoms with E-state index in [4.69, 9.17) is 17.6 Å². The molecule has 0 atom stereocenters. The molecule has 1 aromatic carbocycles. The number of nitrogen functional groups attached to an aromatic ring is 1. The summed E-state index contributed by atoms with van der Waals surface area (Å²) in [5.41, 5.74) is 6.65. The third kappa shape index (κ3) is 1.28. The Morgan fingerprint density at radius 1 is 1.55 bits per heavy atom. The van der Waals surface area contributed by atoms with Crippen molar-refractivity contribution in [3.63, 3.8) is 0 Å². The zero-order valence-corrected chi connectivity index (χ0v) is 5.70. The lowest BCUT2D eigenvalue weighted by Crippen LogP contribution is -1.87. The Balaban J connectivity index is 3.29. The van der Waals surface area contributed by atoms with Crippen LogP contribution in [0.1, 0.15) is 5.56 Å². The van der Waals surface area contributed by atoms with Gasteiger partial charge in [0.25, 0.3) is 0 Å². The maximum absolute atomic E-state index is 8.51. The van der Waals surface area contributed by atoms with Crippen LogP contribution in [-0.4, -0.2) is 0 Å². The molecular weight excluding hydrogens is 138 g/mol. The summed E-state index contributed by atoms with van der Waals surface area (Å²) in [6.07, 6.45) is 0. The quantitative estimate of drug-likeness (QED) is 0.443. The number of nitrogens with zero attached hydrogens (tertiary/aromatic N) is 2. The first kappa shape index (κ1) is 7.11. The van der Waals surface area contributed by atoms with Gasteiger partial charge >= 0.3 is 0 Å². The summed E-state index contributed by atoms with van der Waals surface area (Å²) in [4.78, 5) is 3.16. The highest BCUT2D eigenvalue weighted by Gasteiger charge is 1.97. The zero-order valence-electron chi connectivity index (χ0n) is 5.70. The fraction of sp³-hybridized carbons (Fsp3) is 0. The maximum atomic E-state index is 8.51. The molecule has 0 aliphatic rings. The van der Waals surface area contributed by atoms with Crippen LogP contribution in [0.2, 0.25) is 0 Å². The monoisotopic (exact) mass is 143 g/mol. The predicted molar refractivity (Wildman–Crippen MR) is 41.8 cm³/mol. The lowest BCUT2D eigenvalue weighted by Gasteiger charge is -1.95. The number of nitrogens with two attached hydrogens (primary N) is 1. The topological polar surface area (TPSA) is 54.2 Å². The van der Waals surface area contributed by atoms with Crippen molar-refractivity contribution in [2.75, 3.05) is 5.73 Å².